The average molecular weight is 512 g/mol. The van der Waals surface area contributed by atoms with Crippen molar-refractivity contribution < 1.29 is 59.1 Å². The first kappa shape index (κ1) is 30.3. The fourth-order valence-corrected chi connectivity index (χ4v) is 4.09. The fourth-order valence-electron chi connectivity index (χ4n) is 4.09. The molecule has 8 N–H and O–H groups in total. The number of esters is 1. The van der Waals surface area contributed by atoms with Gasteiger partial charge in [-0.25, -0.2) is 0 Å². The number of unbranched alkanes of at least 4 members (excludes halogenated alkanes) is 5. The molecule has 2 aliphatic rings. The third-order valence-corrected chi connectivity index (χ3v) is 6.30. The van der Waals surface area contributed by atoms with Crippen LogP contribution in [0.25, 0.3) is 0 Å². The van der Waals surface area contributed by atoms with Crippen molar-refractivity contribution >= 4 is 5.97 Å². The Morgan fingerprint density at radius 2 is 1.40 bits per heavy atom. The number of methoxy groups -OCH3 is 1. The Hall–Kier alpha value is -0.970. The lowest BCUT2D eigenvalue weighted by atomic mass is 9.97. The van der Waals surface area contributed by atoms with Gasteiger partial charge < -0.3 is 60.1 Å². The molecule has 0 saturated carbocycles. The average Bonchev–Trinajstić information content (AvgIpc) is 2.86. The lowest BCUT2D eigenvalue weighted by Gasteiger charge is -2.46. The van der Waals surface area contributed by atoms with Crippen LogP contribution in [0.5, 0.6) is 0 Å². The molecule has 0 aromatic heterocycles. The summed E-state index contributed by atoms with van der Waals surface area (Å²) in [5, 5.41) is 60.5. The number of carbonyl (C=O) groups excluding carboxylic acids is 1. The summed E-state index contributed by atoms with van der Waals surface area (Å²) in [4.78, 5) is 11.1. The quantitative estimate of drug-likeness (QED) is 0.0950. The van der Waals surface area contributed by atoms with Crippen molar-refractivity contribution in [1.82, 2.24) is 0 Å². The van der Waals surface area contributed by atoms with Gasteiger partial charge in [-0.15, -0.1) is 0 Å². The van der Waals surface area contributed by atoms with E-state index < -0.39 is 68.0 Å². The first-order valence-electron chi connectivity index (χ1n) is 12.1. The first-order chi connectivity index (χ1) is 16.7. The molecule has 10 atom stereocenters. The van der Waals surface area contributed by atoms with Crippen molar-refractivity contribution in [3.63, 3.8) is 0 Å². The first-order valence-corrected chi connectivity index (χ1v) is 12.1. The van der Waals surface area contributed by atoms with Gasteiger partial charge in [0.05, 0.1) is 13.7 Å². The van der Waals surface area contributed by atoms with Crippen LogP contribution in [0, 0.1) is 0 Å². The van der Waals surface area contributed by atoms with E-state index >= 15 is 0 Å². The molecule has 2 saturated heterocycles. The normalized spacial score (nSPS) is 37.8. The molecular formula is C22H41NO12. The molecule has 2 aliphatic heterocycles. The summed E-state index contributed by atoms with van der Waals surface area (Å²) >= 11 is 0. The Labute approximate surface area is 204 Å². The van der Waals surface area contributed by atoms with E-state index in [0.29, 0.717) is 12.8 Å². The van der Waals surface area contributed by atoms with Crippen molar-refractivity contribution in [1.29, 1.82) is 0 Å². The summed E-state index contributed by atoms with van der Waals surface area (Å²) in [5.41, 5.74) is 5.63. The maximum absolute atomic E-state index is 11.1. The minimum atomic E-state index is -1.69. The summed E-state index contributed by atoms with van der Waals surface area (Å²) < 4.78 is 27.0. The third-order valence-electron chi connectivity index (χ3n) is 6.30. The molecule has 2 rings (SSSR count). The zero-order valence-electron chi connectivity index (χ0n) is 20.1. The minimum absolute atomic E-state index is 0.0869. The van der Waals surface area contributed by atoms with Crippen LogP contribution in [0.1, 0.15) is 44.9 Å². The van der Waals surface area contributed by atoms with Crippen LogP contribution in [0.3, 0.4) is 0 Å². The highest BCUT2D eigenvalue weighted by atomic mass is 16.8. The number of rotatable bonds is 14. The van der Waals surface area contributed by atoms with E-state index in [2.05, 4.69) is 4.74 Å². The molecule has 35 heavy (non-hydrogen) atoms. The molecule has 13 heteroatoms. The van der Waals surface area contributed by atoms with Gasteiger partial charge in [0.15, 0.2) is 12.6 Å². The number of aliphatic hydroxyl groups excluding tert-OH is 6. The van der Waals surface area contributed by atoms with Gasteiger partial charge in [0.1, 0.15) is 48.8 Å². The molecular weight excluding hydrogens is 470 g/mol. The Morgan fingerprint density at radius 1 is 0.800 bits per heavy atom. The number of hydrogen-bond donors (Lipinski definition) is 7. The van der Waals surface area contributed by atoms with E-state index in [0.717, 1.165) is 32.1 Å². The summed E-state index contributed by atoms with van der Waals surface area (Å²) in [6.07, 6.45) is -8.43. The van der Waals surface area contributed by atoms with Crippen LogP contribution in [-0.4, -0.2) is 125 Å². The van der Waals surface area contributed by atoms with Crippen LogP contribution >= 0.6 is 0 Å². The molecule has 0 bridgehead atoms. The predicted molar refractivity (Wildman–Crippen MR) is 119 cm³/mol. The molecule has 2 heterocycles. The second-order valence-electron chi connectivity index (χ2n) is 8.88. The summed E-state index contributed by atoms with van der Waals surface area (Å²) in [7, 11) is 1.37. The van der Waals surface area contributed by atoms with Gasteiger partial charge in [-0.1, -0.05) is 25.7 Å². The van der Waals surface area contributed by atoms with E-state index in [1.807, 2.05) is 0 Å². The SMILES string of the molecule is COC(=O)CCCCCCCCO[C@H]1O[C@H](CN)[C@@H](O)[C@H](O)[C@H]1O[C@@H]1O[C@H](CO)[C@@H](O)[C@H](O)[C@H]1O. The molecule has 2 fully saturated rings. The second kappa shape index (κ2) is 15.3. The Kier molecular flexibility index (Phi) is 13.2. The second-order valence-corrected chi connectivity index (χ2v) is 8.88. The highest BCUT2D eigenvalue weighted by Crippen LogP contribution is 2.29. The van der Waals surface area contributed by atoms with Crippen LogP contribution in [0.2, 0.25) is 0 Å². The number of ether oxygens (including phenoxy) is 5. The molecule has 0 aliphatic carbocycles. The molecule has 0 radical (unpaired) electrons. The molecule has 0 unspecified atom stereocenters. The van der Waals surface area contributed by atoms with Crippen molar-refractivity contribution in [3.8, 4) is 0 Å². The Morgan fingerprint density at radius 3 is 2.03 bits per heavy atom. The van der Waals surface area contributed by atoms with E-state index in [4.69, 9.17) is 24.7 Å². The van der Waals surface area contributed by atoms with Gasteiger partial charge in [-0.2, -0.15) is 0 Å². The number of aliphatic hydroxyl groups is 6. The van der Waals surface area contributed by atoms with Crippen LogP contribution < -0.4 is 5.73 Å². The molecule has 13 nitrogen and oxygen atoms in total. The van der Waals surface area contributed by atoms with Crippen molar-refractivity contribution in [2.75, 3.05) is 26.9 Å². The lowest BCUT2D eigenvalue weighted by Crippen LogP contribution is -2.65. The van der Waals surface area contributed by atoms with Crippen molar-refractivity contribution in [3.05, 3.63) is 0 Å². The van der Waals surface area contributed by atoms with E-state index in [1.54, 1.807) is 0 Å². The summed E-state index contributed by atoms with van der Waals surface area (Å²) in [6.45, 7) is -0.479. The standard InChI is InChI=1S/C22H41NO12/c1-31-14(25)8-6-4-2-3-5-7-9-32-22-20(18(29)15(26)12(10-23)33-22)35-21-19(30)17(28)16(27)13(11-24)34-21/h12-13,15-22,24,26-30H,2-11,23H2,1H3/t12-,13-,15-,16-,17+,18+,19-,20-,21+,22+/m1/s1. The Bertz CT molecular complexity index is 611. The van der Waals surface area contributed by atoms with Crippen LogP contribution in [0.15, 0.2) is 0 Å². The number of nitrogens with two attached hydrogens (primary N) is 1. The minimum Gasteiger partial charge on any atom is -0.469 e. The highest BCUT2D eigenvalue weighted by Gasteiger charge is 2.50. The van der Waals surface area contributed by atoms with Gasteiger partial charge in [0.25, 0.3) is 0 Å². The molecule has 206 valence electrons. The monoisotopic (exact) mass is 511 g/mol. The van der Waals surface area contributed by atoms with Gasteiger partial charge >= 0.3 is 5.97 Å². The molecule has 0 aromatic carbocycles. The zero-order valence-corrected chi connectivity index (χ0v) is 20.1. The Balaban J connectivity index is 1.86. The van der Waals surface area contributed by atoms with E-state index in [-0.39, 0.29) is 19.1 Å². The molecule has 0 spiro atoms. The largest absolute Gasteiger partial charge is 0.469 e. The highest BCUT2D eigenvalue weighted by molar-refractivity contribution is 5.68. The summed E-state index contributed by atoms with van der Waals surface area (Å²) in [5.74, 6) is -0.213. The zero-order chi connectivity index (χ0) is 26.0. The van der Waals surface area contributed by atoms with E-state index in [9.17, 15) is 35.4 Å². The van der Waals surface area contributed by atoms with Gasteiger partial charge in [0, 0.05) is 19.6 Å². The summed E-state index contributed by atoms with van der Waals surface area (Å²) in [6, 6.07) is 0. The predicted octanol–water partition coefficient (Wildman–Crippen LogP) is -2.50. The van der Waals surface area contributed by atoms with Gasteiger partial charge in [-0.3, -0.25) is 4.79 Å². The van der Waals surface area contributed by atoms with Gasteiger partial charge in [0.2, 0.25) is 0 Å². The topological polar surface area (TPSA) is 211 Å². The fraction of sp³-hybridized carbons (Fsp3) is 0.955. The smallest absolute Gasteiger partial charge is 0.305 e. The van der Waals surface area contributed by atoms with Crippen molar-refractivity contribution in [2.45, 2.75) is 106 Å². The lowest BCUT2D eigenvalue weighted by molar-refractivity contribution is -0.365. The maximum atomic E-state index is 11.1. The molecule has 0 amide bonds. The van der Waals surface area contributed by atoms with Gasteiger partial charge in [-0.05, 0) is 12.8 Å². The van der Waals surface area contributed by atoms with Crippen LogP contribution in [0.4, 0.5) is 0 Å². The third kappa shape index (κ3) is 8.54. The molecule has 0 aromatic rings. The van der Waals surface area contributed by atoms with E-state index in [1.165, 1.54) is 7.11 Å². The van der Waals surface area contributed by atoms with Crippen molar-refractivity contribution in [2.24, 2.45) is 5.73 Å². The maximum Gasteiger partial charge on any atom is 0.305 e. The number of carbonyl (C=O) groups is 1. The van der Waals surface area contributed by atoms with Crippen LogP contribution in [-0.2, 0) is 28.5 Å². The number of hydrogen-bond acceptors (Lipinski definition) is 13.